The lowest BCUT2D eigenvalue weighted by atomic mass is 10.2. The van der Waals surface area contributed by atoms with Crippen LogP contribution in [0.2, 0.25) is 5.15 Å². The second-order valence-corrected chi connectivity index (χ2v) is 7.03. The number of aromatic nitrogens is 1. The summed E-state index contributed by atoms with van der Waals surface area (Å²) in [5.41, 5.74) is 1.31. The van der Waals surface area contributed by atoms with Gasteiger partial charge in [-0.1, -0.05) is 48.5 Å². The maximum Gasteiger partial charge on any atom is 0.267 e. The molecule has 1 saturated heterocycles. The molecule has 5 nitrogen and oxygen atoms in total. The number of hydrogen-bond acceptors (Lipinski definition) is 5. The maximum absolute atomic E-state index is 12.9. The molecule has 1 amide bonds. The van der Waals surface area contributed by atoms with Gasteiger partial charge in [-0.3, -0.25) is 9.69 Å². The van der Waals surface area contributed by atoms with E-state index in [1.54, 1.807) is 41.5 Å². The van der Waals surface area contributed by atoms with Gasteiger partial charge in [-0.2, -0.15) is 0 Å². The lowest BCUT2D eigenvalue weighted by molar-refractivity contribution is -0.121. The van der Waals surface area contributed by atoms with Gasteiger partial charge in [0.1, 0.15) is 18.0 Å². The summed E-state index contributed by atoms with van der Waals surface area (Å²) in [5, 5.41) is 0.803. The van der Waals surface area contributed by atoms with Crippen molar-refractivity contribution in [3.63, 3.8) is 0 Å². The normalized spacial score (nSPS) is 16.6. The van der Waals surface area contributed by atoms with E-state index in [1.807, 2.05) is 24.3 Å². The summed E-state index contributed by atoms with van der Waals surface area (Å²) < 4.78 is 5.68. The zero-order chi connectivity index (χ0) is 19.9. The number of amidine groups is 1. The van der Waals surface area contributed by atoms with E-state index in [0.29, 0.717) is 34.7 Å². The number of carbonyl (C=O) groups is 1. The van der Waals surface area contributed by atoms with Gasteiger partial charge in [0, 0.05) is 18.3 Å². The van der Waals surface area contributed by atoms with Gasteiger partial charge in [0.25, 0.3) is 5.91 Å². The fourth-order valence-electron chi connectivity index (χ4n) is 2.47. The van der Waals surface area contributed by atoms with Crippen LogP contribution in [0.25, 0.3) is 6.08 Å². The van der Waals surface area contributed by atoms with Crippen LogP contribution in [0.15, 0.2) is 77.8 Å². The van der Waals surface area contributed by atoms with Crippen molar-refractivity contribution in [2.24, 2.45) is 4.99 Å². The number of benzene rings is 1. The van der Waals surface area contributed by atoms with Crippen molar-refractivity contribution < 1.29 is 9.53 Å². The van der Waals surface area contributed by atoms with E-state index < -0.39 is 0 Å². The minimum absolute atomic E-state index is 0.151. The summed E-state index contributed by atoms with van der Waals surface area (Å²) >= 11 is 7.38. The number of rotatable bonds is 7. The van der Waals surface area contributed by atoms with Crippen LogP contribution in [0, 0.1) is 0 Å². The largest absolute Gasteiger partial charge is 0.489 e. The Labute approximate surface area is 173 Å². The molecular formula is C21H18ClN3O2S. The molecule has 1 aromatic heterocycles. The van der Waals surface area contributed by atoms with Crippen molar-refractivity contribution >= 4 is 46.2 Å². The van der Waals surface area contributed by atoms with Crippen molar-refractivity contribution in [1.82, 2.24) is 9.88 Å². The van der Waals surface area contributed by atoms with Crippen LogP contribution in [-0.4, -0.2) is 34.1 Å². The molecule has 0 bridgehead atoms. The Bertz CT molecular complexity index is 972. The smallest absolute Gasteiger partial charge is 0.267 e. The van der Waals surface area contributed by atoms with Crippen LogP contribution in [0.3, 0.4) is 0 Å². The number of carbonyl (C=O) groups excluding carboxylic acids is 1. The second kappa shape index (κ2) is 9.39. The zero-order valence-corrected chi connectivity index (χ0v) is 16.6. The fraction of sp³-hybridized carbons (Fsp3) is 0.0952. The summed E-state index contributed by atoms with van der Waals surface area (Å²) in [5.74, 6) is 0.529. The van der Waals surface area contributed by atoms with Gasteiger partial charge in [-0.05, 0) is 36.0 Å². The van der Waals surface area contributed by atoms with Crippen LogP contribution < -0.4 is 4.74 Å². The van der Waals surface area contributed by atoms with Crippen LogP contribution in [-0.2, 0) is 4.79 Å². The highest BCUT2D eigenvalue weighted by Gasteiger charge is 2.33. The molecule has 2 heterocycles. The van der Waals surface area contributed by atoms with Crippen molar-refractivity contribution in [3.8, 4) is 5.75 Å². The molecule has 0 unspecified atom stereocenters. The number of ether oxygens (including phenoxy) is 1. The maximum atomic E-state index is 12.9. The van der Waals surface area contributed by atoms with E-state index in [0.717, 1.165) is 5.56 Å². The van der Waals surface area contributed by atoms with Crippen LogP contribution in [0.4, 0.5) is 5.69 Å². The summed E-state index contributed by atoms with van der Waals surface area (Å²) in [7, 11) is 0. The Morgan fingerprint density at radius 2 is 2.04 bits per heavy atom. The third-order valence-corrected chi connectivity index (χ3v) is 5.02. The van der Waals surface area contributed by atoms with Crippen LogP contribution in [0.1, 0.15) is 5.56 Å². The van der Waals surface area contributed by atoms with Crippen molar-refractivity contribution in [3.05, 3.63) is 83.5 Å². The Kier molecular flexibility index (Phi) is 6.68. The van der Waals surface area contributed by atoms with Crippen molar-refractivity contribution in [1.29, 1.82) is 0 Å². The van der Waals surface area contributed by atoms with Crippen LogP contribution >= 0.6 is 23.4 Å². The van der Waals surface area contributed by atoms with Gasteiger partial charge < -0.3 is 4.74 Å². The minimum atomic E-state index is -0.151. The number of thioether (sulfide) groups is 1. The molecule has 7 heteroatoms. The summed E-state index contributed by atoms with van der Waals surface area (Å²) in [6.45, 7) is 8.12. The average molecular weight is 412 g/mol. The number of hydrogen-bond donors (Lipinski definition) is 0. The first-order valence-corrected chi connectivity index (χ1v) is 9.67. The highest BCUT2D eigenvalue weighted by molar-refractivity contribution is 8.18. The number of amides is 1. The SMILES string of the molecule is C=CCOc1ccccc1/C=C1\SC(=Nc2cccnc2Cl)N(CC=C)C1=O. The van der Waals surface area contributed by atoms with E-state index >= 15 is 0 Å². The van der Waals surface area contributed by atoms with E-state index in [4.69, 9.17) is 16.3 Å². The number of halogens is 1. The van der Waals surface area contributed by atoms with Crippen LogP contribution in [0.5, 0.6) is 5.75 Å². The number of nitrogens with zero attached hydrogens (tertiary/aromatic N) is 3. The van der Waals surface area contributed by atoms with Crippen molar-refractivity contribution in [2.75, 3.05) is 13.2 Å². The van der Waals surface area contributed by atoms with Gasteiger partial charge in [0.05, 0.1) is 4.91 Å². The molecule has 0 spiro atoms. The molecule has 1 aromatic carbocycles. The molecule has 2 aromatic rings. The summed E-state index contributed by atoms with van der Waals surface area (Å²) in [6.07, 6.45) is 6.72. The number of para-hydroxylation sites is 1. The molecule has 1 fully saturated rings. The number of pyridine rings is 1. The molecule has 0 aliphatic carbocycles. The summed E-state index contributed by atoms with van der Waals surface area (Å²) in [4.78, 5) is 23.6. The predicted molar refractivity (Wildman–Crippen MR) is 116 cm³/mol. The first-order chi connectivity index (χ1) is 13.6. The standard InChI is InChI=1S/C21H18ClN3O2S/c1-3-12-25-20(26)18(14-15-8-5-6-10-17(15)27-13-4-2)28-21(25)24-16-9-7-11-23-19(16)22/h3-11,14H,1-2,12-13H2/b18-14-,24-21?. The van der Waals surface area contributed by atoms with E-state index in [9.17, 15) is 4.79 Å². The molecule has 1 aliphatic heterocycles. The Hall–Kier alpha value is -2.83. The summed E-state index contributed by atoms with van der Waals surface area (Å²) in [6, 6.07) is 11.0. The van der Waals surface area contributed by atoms with Gasteiger partial charge in [0.15, 0.2) is 10.3 Å². The fourth-order valence-corrected chi connectivity index (χ4v) is 3.62. The molecule has 0 atom stereocenters. The Balaban J connectivity index is 1.97. The molecule has 1 aliphatic rings. The molecule has 0 radical (unpaired) electrons. The molecule has 28 heavy (non-hydrogen) atoms. The quantitative estimate of drug-likeness (QED) is 0.361. The van der Waals surface area contributed by atoms with Crippen molar-refractivity contribution in [2.45, 2.75) is 0 Å². The van der Waals surface area contributed by atoms with E-state index in [-0.39, 0.29) is 11.1 Å². The zero-order valence-electron chi connectivity index (χ0n) is 15.0. The molecule has 0 N–H and O–H groups in total. The first kappa shape index (κ1) is 19.9. The minimum Gasteiger partial charge on any atom is -0.489 e. The predicted octanol–water partition coefficient (Wildman–Crippen LogP) is 5.09. The monoisotopic (exact) mass is 411 g/mol. The molecule has 142 valence electrons. The van der Waals surface area contributed by atoms with Gasteiger partial charge in [-0.15, -0.1) is 6.58 Å². The highest BCUT2D eigenvalue weighted by atomic mass is 35.5. The topological polar surface area (TPSA) is 54.8 Å². The van der Waals surface area contributed by atoms with E-state index in [2.05, 4.69) is 23.1 Å². The lowest BCUT2D eigenvalue weighted by Gasteiger charge is -2.12. The first-order valence-electron chi connectivity index (χ1n) is 8.48. The second-order valence-electron chi connectivity index (χ2n) is 5.66. The molecular weight excluding hydrogens is 394 g/mol. The molecule has 0 saturated carbocycles. The number of aliphatic imine (C=N–C) groups is 1. The van der Waals surface area contributed by atoms with E-state index in [1.165, 1.54) is 11.8 Å². The van der Waals surface area contributed by atoms with Gasteiger partial charge >= 0.3 is 0 Å². The third kappa shape index (κ3) is 4.52. The third-order valence-electron chi connectivity index (χ3n) is 3.72. The average Bonchev–Trinajstić information content (AvgIpc) is 2.98. The lowest BCUT2D eigenvalue weighted by Crippen LogP contribution is -2.29. The Morgan fingerprint density at radius 3 is 2.79 bits per heavy atom. The van der Waals surface area contributed by atoms with Gasteiger partial charge in [0.2, 0.25) is 0 Å². The highest BCUT2D eigenvalue weighted by Crippen LogP contribution is 2.36. The molecule has 3 rings (SSSR count). The van der Waals surface area contributed by atoms with Gasteiger partial charge in [-0.25, -0.2) is 9.98 Å². The Morgan fingerprint density at radius 1 is 1.21 bits per heavy atom.